The van der Waals surface area contributed by atoms with E-state index in [9.17, 15) is 9.59 Å². The van der Waals surface area contributed by atoms with Gasteiger partial charge in [-0.05, 0) is 42.2 Å². The van der Waals surface area contributed by atoms with Crippen molar-refractivity contribution in [1.82, 2.24) is 0 Å². The molecular formula is C21H27N3O2. The molecule has 0 spiro atoms. The second-order valence-corrected chi connectivity index (χ2v) is 6.58. The topological polar surface area (TPSA) is 70.2 Å². The number of carbonyl (C=O) groups excluding carboxylic acids is 2. The summed E-state index contributed by atoms with van der Waals surface area (Å²) in [6, 6.07) is 13.5. The Bertz CT molecular complexity index is 785. The Balaban J connectivity index is 1.99. The molecule has 0 saturated carbocycles. The van der Waals surface area contributed by atoms with Crippen molar-refractivity contribution in [1.29, 1.82) is 0 Å². The largest absolute Gasteiger partial charge is 0.376 e. The maximum atomic E-state index is 12.3. The van der Waals surface area contributed by atoms with Crippen molar-refractivity contribution in [2.45, 2.75) is 40.0 Å². The first kappa shape index (κ1) is 19.5. The predicted octanol–water partition coefficient (Wildman–Crippen LogP) is 4.52. The Morgan fingerprint density at radius 1 is 0.962 bits per heavy atom. The first-order valence-electron chi connectivity index (χ1n) is 8.93. The minimum atomic E-state index is -0.113. The van der Waals surface area contributed by atoms with Gasteiger partial charge in [-0.2, -0.15) is 0 Å². The summed E-state index contributed by atoms with van der Waals surface area (Å²) in [5, 5.41) is 8.94. The fourth-order valence-electron chi connectivity index (χ4n) is 2.60. The zero-order valence-corrected chi connectivity index (χ0v) is 15.8. The third-order valence-electron chi connectivity index (χ3n) is 4.14. The molecule has 0 atom stereocenters. The molecule has 26 heavy (non-hydrogen) atoms. The Labute approximate surface area is 155 Å². The Kier molecular flexibility index (Phi) is 6.78. The lowest BCUT2D eigenvalue weighted by atomic mass is 10.0. The number of aryl methyl sites for hydroxylation is 1. The molecule has 0 aliphatic heterocycles. The summed E-state index contributed by atoms with van der Waals surface area (Å²) in [6.45, 7) is 8.09. The second kappa shape index (κ2) is 9.04. The maximum Gasteiger partial charge on any atom is 0.243 e. The van der Waals surface area contributed by atoms with Crippen LogP contribution in [0.2, 0.25) is 0 Å². The molecule has 0 bridgehead atoms. The molecule has 0 radical (unpaired) electrons. The lowest BCUT2D eigenvalue weighted by Gasteiger charge is -2.15. The zero-order valence-electron chi connectivity index (χ0n) is 15.8. The molecule has 0 aliphatic rings. The van der Waals surface area contributed by atoms with Crippen LogP contribution in [-0.2, 0) is 9.59 Å². The molecule has 0 unspecified atom stereocenters. The third kappa shape index (κ3) is 5.34. The molecule has 3 N–H and O–H groups in total. The molecule has 2 rings (SSSR count). The maximum absolute atomic E-state index is 12.3. The lowest BCUT2D eigenvalue weighted by molar-refractivity contribution is -0.116. The number of rotatable bonds is 7. The SMILES string of the molecule is CCC(=O)Nc1cc(NCC(=O)Nc2ccccc2C(C)C)ccc1C. The van der Waals surface area contributed by atoms with E-state index in [1.807, 2.05) is 56.3 Å². The first-order valence-corrected chi connectivity index (χ1v) is 8.93. The van der Waals surface area contributed by atoms with Gasteiger partial charge in [-0.15, -0.1) is 0 Å². The summed E-state index contributed by atoms with van der Waals surface area (Å²) < 4.78 is 0. The summed E-state index contributed by atoms with van der Waals surface area (Å²) in [6.07, 6.45) is 0.425. The highest BCUT2D eigenvalue weighted by atomic mass is 16.2. The van der Waals surface area contributed by atoms with E-state index in [2.05, 4.69) is 29.8 Å². The van der Waals surface area contributed by atoms with Gasteiger partial charge in [0.25, 0.3) is 0 Å². The van der Waals surface area contributed by atoms with E-state index in [1.54, 1.807) is 0 Å². The third-order valence-corrected chi connectivity index (χ3v) is 4.14. The van der Waals surface area contributed by atoms with Crippen LogP contribution in [0.25, 0.3) is 0 Å². The quantitative estimate of drug-likeness (QED) is 0.685. The van der Waals surface area contributed by atoms with E-state index >= 15 is 0 Å². The molecule has 0 saturated heterocycles. The Morgan fingerprint density at radius 3 is 2.35 bits per heavy atom. The second-order valence-electron chi connectivity index (χ2n) is 6.58. The van der Waals surface area contributed by atoms with E-state index < -0.39 is 0 Å². The molecule has 2 amide bonds. The number of para-hydroxylation sites is 1. The van der Waals surface area contributed by atoms with Gasteiger partial charge in [-0.25, -0.2) is 0 Å². The highest BCUT2D eigenvalue weighted by molar-refractivity contribution is 5.95. The van der Waals surface area contributed by atoms with Crippen LogP contribution in [0.1, 0.15) is 44.2 Å². The smallest absolute Gasteiger partial charge is 0.243 e. The summed E-state index contributed by atoms with van der Waals surface area (Å²) in [7, 11) is 0. The number of hydrogen-bond donors (Lipinski definition) is 3. The normalized spacial score (nSPS) is 10.5. The number of hydrogen-bond acceptors (Lipinski definition) is 3. The summed E-state index contributed by atoms with van der Waals surface area (Å²) in [5.41, 5.74) is 4.48. The van der Waals surface area contributed by atoms with Crippen molar-refractivity contribution in [3.05, 3.63) is 53.6 Å². The molecule has 0 aliphatic carbocycles. The number of benzene rings is 2. The van der Waals surface area contributed by atoms with Gasteiger partial charge in [-0.3, -0.25) is 9.59 Å². The molecule has 0 aromatic heterocycles. The van der Waals surface area contributed by atoms with E-state index in [0.29, 0.717) is 12.3 Å². The van der Waals surface area contributed by atoms with E-state index in [0.717, 1.165) is 28.2 Å². The van der Waals surface area contributed by atoms with E-state index in [-0.39, 0.29) is 18.4 Å². The van der Waals surface area contributed by atoms with Crippen molar-refractivity contribution < 1.29 is 9.59 Å². The van der Waals surface area contributed by atoms with Crippen molar-refractivity contribution in [3.8, 4) is 0 Å². The van der Waals surface area contributed by atoms with Crippen LogP contribution in [0.3, 0.4) is 0 Å². The van der Waals surface area contributed by atoms with Gasteiger partial charge in [0, 0.05) is 23.5 Å². The molecule has 5 heteroatoms. The number of amides is 2. The number of nitrogens with one attached hydrogen (secondary N) is 3. The minimum Gasteiger partial charge on any atom is -0.376 e. The summed E-state index contributed by atoms with van der Waals surface area (Å²) in [5.74, 6) is 0.187. The Hall–Kier alpha value is -2.82. The summed E-state index contributed by atoms with van der Waals surface area (Å²) >= 11 is 0. The number of carbonyl (C=O) groups is 2. The van der Waals surface area contributed by atoms with Crippen LogP contribution in [0.15, 0.2) is 42.5 Å². The van der Waals surface area contributed by atoms with Crippen LogP contribution < -0.4 is 16.0 Å². The Morgan fingerprint density at radius 2 is 1.65 bits per heavy atom. The van der Waals surface area contributed by atoms with Crippen molar-refractivity contribution in [2.75, 3.05) is 22.5 Å². The highest BCUT2D eigenvalue weighted by Crippen LogP contribution is 2.24. The fourth-order valence-corrected chi connectivity index (χ4v) is 2.60. The van der Waals surface area contributed by atoms with Crippen LogP contribution >= 0.6 is 0 Å². The van der Waals surface area contributed by atoms with Crippen LogP contribution in [0.5, 0.6) is 0 Å². The standard InChI is InChI=1S/C21H27N3O2/c1-5-20(25)24-19-12-16(11-10-15(19)4)22-13-21(26)23-18-9-7-6-8-17(18)14(2)3/h6-12,14,22H,5,13H2,1-4H3,(H,23,26)(H,24,25). The monoisotopic (exact) mass is 353 g/mol. The molecule has 5 nitrogen and oxygen atoms in total. The molecule has 0 heterocycles. The van der Waals surface area contributed by atoms with Crippen LogP contribution in [0, 0.1) is 6.92 Å². The minimum absolute atomic E-state index is 0.0340. The van der Waals surface area contributed by atoms with Crippen molar-refractivity contribution in [2.24, 2.45) is 0 Å². The highest BCUT2D eigenvalue weighted by Gasteiger charge is 2.10. The lowest BCUT2D eigenvalue weighted by Crippen LogP contribution is -2.22. The molecular weight excluding hydrogens is 326 g/mol. The van der Waals surface area contributed by atoms with Gasteiger partial charge in [-0.1, -0.05) is 45.0 Å². The van der Waals surface area contributed by atoms with Gasteiger partial charge < -0.3 is 16.0 Å². The van der Waals surface area contributed by atoms with Gasteiger partial charge in [0.15, 0.2) is 0 Å². The average molecular weight is 353 g/mol. The zero-order chi connectivity index (χ0) is 19.1. The van der Waals surface area contributed by atoms with Crippen LogP contribution in [-0.4, -0.2) is 18.4 Å². The van der Waals surface area contributed by atoms with Gasteiger partial charge >= 0.3 is 0 Å². The van der Waals surface area contributed by atoms with Crippen molar-refractivity contribution >= 4 is 28.9 Å². The van der Waals surface area contributed by atoms with E-state index in [1.165, 1.54) is 0 Å². The fraction of sp³-hybridized carbons (Fsp3) is 0.333. The molecule has 138 valence electrons. The van der Waals surface area contributed by atoms with Gasteiger partial charge in [0.2, 0.25) is 11.8 Å². The van der Waals surface area contributed by atoms with E-state index in [4.69, 9.17) is 0 Å². The van der Waals surface area contributed by atoms with Gasteiger partial charge in [0.05, 0.1) is 6.54 Å². The molecule has 2 aromatic rings. The molecule has 2 aromatic carbocycles. The van der Waals surface area contributed by atoms with Crippen LogP contribution in [0.4, 0.5) is 17.1 Å². The molecule has 0 fully saturated rings. The predicted molar refractivity (Wildman–Crippen MR) is 108 cm³/mol. The first-order chi connectivity index (χ1) is 12.4. The average Bonchev–Trinajstić information content (AvgIpc) is 2.62. The number of anilines is 3. The van der Waals surface area contributed by atoms with Crippen molar-refractivity contribution in [3.63, 3.8) is 0 Å². The van der Waals surface area contributed by atoms with Gasteiger partial charge in [0.1, 0.15) is 0 Å². The summed E-state index contributed by atoms with van der Waals surface area (Å²) in [4.78, 5) is 23.9.